The highest BCUT2D eigenvalue weighted by molar-refractivity contribution is 6.32. The fourth-order valence-electron chi connectivity index (χ4n) is 1.99. The number of hydrogen-bond acceptors (Lipinski definition) is 4. The maximum absolute atomic E-state index is 10.8. The standard InChI is InChI=1S/C15H15ClN2O3/c1-9-5-12(6-10(2)15(9)16)21-8-11-3-4-13(17)14(7-11)18(19)20/h3-7H,8,17H2,1-2H3. The molecule has 2 aromatic rings. The molecule has 0 spiro atoms. The summed E-state index contributed by atoms with van der Waals surface area (Å²) >= 11 is 6.10. The number of nitrogens with zero attached hydrogens (tertiary/aromatic N) is 1. The first-order valence-electron chi connectivity index (χ1n) is 6.31. The minimum atomic E-state index is -0.505. The summed E-state index contributed by atoms with van der Waals surface area (Å²) in [4.78, 5) is 10.3. The molecule has 2 rings (SSSR count). The number of nitrogens with two attached hydrogens (primary N) is 1. The molecule has 0 aliphatic heterocycles. The van der Waals surface area contributed by atoms with Crippen molar-refractivity contribution < 1.29 is 9.66 Å². The van der Waals surface area contributed by atoms with Crippen molar-refractivity contribution in [1.82, 2.24) is 0 Å². The number of nitrogen functional groups attached to an aromatic ring is 1. The normalized spacial score (nSPS) is 10.4. The highest BCUT2D eigenvalue weighted by Gasteiger charge is 2.12. The summed E-state index contributed by atoms with van der Waals surface area (Å²) in [6.45, 7) is 4.02. The number of nitro benzene ring substituents is 1. The van der Waals surface area contributed by atoms with E-state index in [9.17, 15) is 10.1 Å². The van der Waals surface area contributed by atoms with Gasteiger partial charge in [0, 0.05) is 11.1 Å². The van der Waals surface area contributed by atoms with E-state index in [-0.39, 0.29) is 18.0 Å². The molecule has 0 radical (unpaired) electrons. The molecule has 110 valence electrons. The zero-order chi connectivity index (χ0) is 15.6. The van der Waals surface area contributed by atoms with Crippen LogP contribution in [0.15, 0.2) is 30.3 Å². The molecule has 0 heterocycles. The molecule has 2 aromatic carbocycles. The van der Waals surface area contributed by atoms with Crippen LogP contribution in [0.5, 0.6) is 5.75 Å². The lowest BCUT2D eigenvalue weighted by Gasteiger charge is -2.10. The largest absolute Gasteiger partial charge is 0.489 e. The molecule has 0 saturated heterocycles. The van der Waals surface area contributed by atoms with Gasteiger partial charge in [0.1, 0.15) is 18.0 Å². The Bertz CT molecular complexity index is 678. The van der Waals surface area contributed by atoms with Crippen LogP contribution >= 0.6 is 11.6 Å². The lowest BCUT2D eigenvalue weighted by Crippen LogP contribution is -2.00. The molecule has 0 amide bonds. The maximum atomic E-state index is 10.8. The zero-order valence-electron chi connectivity index (χ0n) is 11.7. The van der Waals surface area contributed by atoms with E-state index in [1.54, 1.807) is 6.07 Å². The molecule has 0 bridgehead atoms. The molecule has 6 heteroatoms. The molecule has 21 heavy (non-hydrogen) atoms. The minimum absolute atomic E-state index is 0.112. The molecule has 0 unspecified atom stereocenters. The summed E-state index contributed by atoms with van der Waals surface area (Å²) in [7, 11) is 0. The molecule has 0 saturated carbocycles. The van der Waals surface area contributed by atoms with Crippen molar-refractivity contribution in [1.29, 1.82) is 0 Å². The second kappa shape index (κ2) is 6.01. The Morgan fingerprint density at radius 1 is 1.24 bits per heavy atom. The Hall–Kier alpha value is -2.27. The van der Waals surface area contributed by atoms with Crippen molar-refractivity contribution in [3.05, 3.63) is 62.2 Å². The summed E-state index contributed by atoms with van der Waals surface area (Å²) < 4.78 is 5.66. The molecule has 0 aliphatic rings. The SMILES string of the molecule is Cc1cc(OCc2ccc(N)c([N+](=O)[O-])c2)cc(C)c1Cl. The summed E-state index contributed by atoms with van der Waals surface area (Å²) in [6.07, 6.45) is 0. The third-order valence-corrected chi connectivity index (χ3v) is 3.70. The van der Waals surface area contributed by atoms with Gasteiger partial charge in [-0.1, -0.05) is 17.7 Å². The van der Waals surface area contributed by atoms with E-state index >= 15 is 0 Å². The Morgan fingerprint density at radius 2 is 1.86 bits per heavy atom. The highest BCUT2D eigenvalue weighted by Crippen LogP contribution is 2.27. The third-order valence-electron chi connectivity index (χ3n) is 3.11. The van der Waals surface area contributed by atoms with Gasteiger partial charge in [0.25, 0.3) is 5.69 Å². The van der Waals surface area contributed by atoms with E-state index in [1.807, 2.05) is 26.0 Å². The topological polar surface area (TPSA) is 78.4 Å². The number of aryl methyl sites for hydroxylation is 2. The predicted octanol–water partition coefficient (Wildman–Crippen LogP) is 4.03. The lowest BCUT2D eigenvalue weighted by molar-refractivity contribution is -0.384. The van der Waals surface area contributed by atoms with E-state index in [0.717, 1.165) is 11.1 Å². The van der Waals surface area contributed by atoms with Gasteiger partial charge in [-0.25, -0.2) is 0 Å². The summed E-state index contributed by atoms with van der Waals surface area (Å²) in [5.74, 6) is 0.675. The first kappa shape index (κ1) is 15.1. The van der Waals surface area contributed by atoms with Gasteiger partial charge in [-0.05, 0) is 48.7 Å². The van der Waals surface area contributed by atoms with Gasteiger partial charge in [0.05, 0.1) is 4.92 Å². The second-order valence-corrected chi connectivity index (χ2v) is 5.19. The first-order valence-corrected chi connectivity index (χ1v) is 6.68. The number of hydrogen-bond donors (Lipinski definition) is 1. The van der Waals surface area contributed by atoms with Gasteiger partial charge in [0.2, 0.25) is 0 Å². The molecule has 5 nitrogen and oxygen atoms in total. The van der Waals surface area contributed by atoms with Gasteiger partial charge in [-0.15, -0.1) is 0 Å². The second-order valence-electron chi connectivity index (χ2n) is 4.81. The van der Waals surface area contributed by atoms with E-state index in [2.05, 4.69) is 0 Å². The number of rotatable bonds is 4. The van der Waals surface area contributed by atoms with Crippen molar-refractivity contribution in [3.8, 4) is 5.75 Å². The van der Waals surface area contributed by atoms with Crippen LogP contribution in [-0.4, -0.2) is 4.92 Å². The fraction of sp³-hybridized carbons (Fsp3) is 0.200. The van der Waals surface area contributed by atoms with Crippen LogP contribution in [-0.2, 0) is 6.61 Å². The van der Waals surface area contributed by atoms with Gasteiger partial charge >= 0.3 is 0 Å². The van der Waals surface area contributed by atoms with Crippen LogP contribution in [0.4, 0.5) is 11.4 Å². The molecular weight excluding hydrogens is 292 g/mol. The summed E-state index contributed by atoms with van der Waals surface area (Å²) in [5, 5.41) is 11.6. The summed E-state index contributed by atoms with van der Waals surface area (Å²) in [5.41, 5.74) is 8.12. The number of anilines is 1. The zero-order valence-corrected chi connectivity index (χ0v) is 12.5. The molecule has 0 aliphatic carbocycles. The Balaban J connectivity index is 2.17. The predicted molar refractivity (Wildman–Crippen MR) is 82.8 cm³/mol. The Morgan fingerprint density at radius 3 is 2.43 bits per heavy atom. The van der Waals surface area contributed by atoms with E-state index in [4.69, 9.17) is 22.1 Å². The van der Waals surface area contributed by atoms with Crippen LogP contribution in [0, 0.1) is 24.0 Å². The van der Waals surface area contributed by atoms with Crippen molar-refractivity contribution >= 4 is 23.0 Å². The van der Waals surface area contributed by atoms with Gasteiger partial charge < -0.3 is 10.5 Å². The monoisotopic (exact) mass is 306 g/mol. The van der Waals surface area contributed by atoms with Crippen molar-refractivity contribution in [2.45, 2.75) is 20.5 Å². The van der Waals surface area contributed by atoms with Crippen molar-refractivity contribution in [2.24, 2.45) is 0 Å². The van der Waals surface area contributed by atoms with E-state index < -0.39 is 4.92 Å². The van der Waals surface area contributed by atoms with Gasteiger partial charge in [-0.2, -0.15) is 0 Å². The Kier molecular flexibility index (Phi) is 4.33. The van der Waals surface area contributed by atoms with E-state index in [1.165, 1.54) is 12.1 Å². The highest BCUT2D eigenvalue weighted by atomic mass is 35.5. The van der Waals surface area contributed by atoms with Crippen LogP contribution in [0.2, 0.25) is 5.02 Å². The van der Waals surface area contributed by atoms with E-state index in [0.29, 0.717) is 16.3 Å². The number of benzene rings is 2. The average molecular weight is 307 g/mol. The third kappa shape index (κ3) is 3.44. The lowest BCUT2D eigenvalue weighted by atomic mass is 10.1. The van der Waals surface area contributed by atoms with Crippen molar-refractivity contribution in [3.63, 3.8) is 0 Å². The van der Waals surface area contributed by atoms with Crippen molar-refractivity contribution in [2.75, 3.05) is 5.73 Å². The minimum Gasteiger partial charge on any atom is -0.489 e. The quantitative estimate of drug-likeness (QED) is 0.525. The molecule has 2 N–H and O–H groups in total. The molecule has 0 fully saturated rings. The Labute approximate surface area is 127 Å². The van der Waals surface area contributed by atoms with Gasteiger partial charge in [-0.3, -0.25) is 10.1 Å². The molecule has 0 aromatic heterocycles. The first-order chi connectivity index (χ1) is 9.88. The number of halogens is 1. The van der Waals surface area contributed by atoms with Crippen LogP contribution in [0.25, 0.3) is 0 Å². The fourth-order valence-corrected chi connectivity index (χ4v) is 2.10. The number of nitro groups is 1. The average Bonchev–Trinajstić information content (AvgIpc) is 2.43. The summed E-state index contributed by atoms with van der Waals surface area (Å²) in [6, 6.07) is 8.31. The van der Waals surface area contributed by atoms with Gasteiger partial charge in [0.15, 0.2) is 0 Å². The molecular formula is C15H15ClN2O3. The smallest absolute Gasteiger partial charge is 0.292 e. The maximum Gasteiger partial charge on any atom is 0.292 e. The van der Waals surface area contributed by atoms with Crippen LogP contribution < -0.4 is 10.5 Å². The molecule has 0 atom stereocenters. The van der Waals surface area contributed by atoms with Crippen LogP contribution in [0.3, 0.4) is 0 Å². The number of ether oxygens (including phenoxy) is 1. The van der Waals surface area contributed by atoms with Crippen LogP contribution in [0.1, 0.15) is 16.7 Å².